The van der Waals surface area contributed by atoms with Crippen molar-refractivity contribution in [2.75, 3.05) is 12.4 Å². The maximum atomic E-state index is 13.7. The molecule has 0 aliphatic heterocycles. The van der Waals surface area contributed by atoms with Gasteiger partial charge in [0.2, 0.25) is 0 Å². The molecule has 0 heterocycles. The van der Waals surface area contributed by atoms with E-state index in [1.54, 1.807) is 31.5 Å². The lowest BCUT2D eigenvalue weighted by Gasteiger charge is -2.18. The molecule has 3 N–H and O–H groups in total. The summed E-state index contributed by atoms with van der Waals surface area (Å²) >= 11 is 11.9. The summed E-state index contributed by atoms with van der Waals surface area (Å²) in [5, 5.41) is 4.98. The zero-order valence-corrected chi connectivity index (χ0v) is 15.7. The lowest BCUT2D eigenvalue weighted by atomic mass is 10.1. The Kier molecular flexibility index (Phi) is 6.64. The summed E-state index contributed by atoms with van der Waals surface area (Å²) in [4.78, 5) is 12.4. The van der Waals surface area contributed by atoms with Crippen LogP contribution < -0.4 is 15.4 Å². The molecular formula is C18H20Cl2FN2O2+. The fourth-order valence-electron chi connectivity index (χ4n) is 2.51. The van der Waals surface area contributed by atoms with E-state index in [2.05, 4.69) is 5.32 Å². The van der Waals surface area contributed by atoms with Crippen LogP contribution in [0.5, 0.6) is 5.75 Å². The van der Waals surface area contributed by atoms with Crippen molar-refractivity contribution in [1.82, 2.24) is 0 Å². The Morgan fingerprint density at radius 1 is 1.20 bits per heavy atom. The third-order valence-corrected chi connectivity index (χ3v) is 4.50. The predicted octanol–water partition coefficient (Wildman–Crippen LogP) is 3.79. The predicted molar refractivity (Wildman–Crippen MR) is 97.8 cm³/mol. The van der Waals surface area contributed by atoms with Crippen LogP contribution in [0.4, 0.5) is 10.1 Å². The van der Waals surface area contributed by atoms with Crippen LogP contribution in [0.2, 0.25) is 10.0 Å². The zero-order valence-electron chi connectivity index (χ0n) is 14.1. The van der Waals surface area contributed by atoms with Gasteiger partial charge in [0.1, 0.15) is 17.6 Å². The number of halogens is 3. The summed E-state index contributed by atoms with van der Waals surface area (Å²) in [7, 11) is 1.54. The number of nitrogens with two attached hydrogens (primary N) is 1. The van der Waals surface area contributed by atoms with Gasteiger partial charge in [-0.25, -0.2) is 4.39 Å². The molecule has 25 heavy (non-hydrogen) atoms. The molecule has 0 saturated heterocycles. The number of methoxy groups -OCH3 is 1. The number of rotatable bonds is 6. The van der Waals surface area contributed by atoms with Gasteiger partial charge in [-0.3, -0.25) is 4.79 Å². The van der Waals surface area contributed by atoms with E-state index in [0.717, 1.165) is 0 Å². The van der Waals surface area contributed by atoms with E-state index in [9.17, 15) is 9.18 Å². The van der Waals surface area contributed by atoms with Gasteiger partial charge in [-0.05, 0) is 38.1 Å². The van der Waals surface area contributed by atoms with Crippen LogP contribution in [0.15, 0.2) is 36.4 Å². The number of carbonyl (C=O) groups excluding carboxylic acids is 1. The Balaban J connectivity index is 2.07. The largest absolute Gasteiger partial charge is 0.495 e. The summed E-state index contributed by atoms with van der Waals surface area (Å²) in [6.07, 6.45) is 0. The number of hydrogen-bond acceptors (Lipinski definition) is 2. The van der Waals surface area contributed by atoms with Gasteiger partial charge >= 0.3 is 0 Å². The minimum Gasteiger partial charge on any atom is -0.495 e. The van der Waals surface area contributed by atoms with Crippen molar-refractivity contribution >= 4 is 34.8 Å². The molecule has 2 rings (SSSR count). The Hall–Kier alpha value is -1.82. The van der Waals surface area contributed by atoms with Crippen molar-refractivity contribution in [2.45, 2.75) is 25.9 Å². The van der Waals surface area contributed by atoms with E-state index in [0.29, 0.717) is 22.0 Å². The molecule has 0 saturated carbocycles. The van der Waals surface area contributed by atoms with E-state index >= 15 is 0 Å². The van der Waals surface area contributed by atoms with Gasteiger partial charge in [0, 0.05) is 5.56 Å². The molecule has 2 aromatic rings. The first kappa shape index (κ1) is 19.5. The normalized spacial score (nSPS) is 13.2. The molecule has 2 aromatic carbocycles. The molecule has 4 nitrogen and oxygen atoms in total. The van der Waals surface area contributed by atoms with Crippen LogP contribution in [0, 0.1) is 5.82 Å². The van der Waals surface area contributed by atoms with Gasteiger partial charge in [0.05, 0.1) is 22.8 Å². The molecule has 0 spiro atoms. The number of ether oxygens (including phenoxy) is 1. The van der Waals surface area contributed by atoms with Crippen molar-refractivity contribution in [3.63, 3.8) is 0 Å². The molecule has 134 valence electrons. The first-order valence-corrected chi connectivity index (χ1v) is 8.52. The number of benzene rings is 2. The van der Waals surface area contributed by atoms with Gasteiger partial charge in [-0.15, -0.1) is 0 Å². The Labute approximate surface area is 156 Å². The quantitative estimate of drug-likeness (QED) is 0.743. The molecule has 0 unspecified atom stereocenters. The highest BCUT2D eigenvalue weighted by Crippen LogP contribution is 2.27. The molecule has 0 aliphatic rings. The Bertz CT molecular complexity index is 771. The molecule has 2 atom stereocenters. The monoisotopic (exact) mass is 385 g/mol. The van der Waals surface area contributed by atoms with Gasteiger partial charge in [0.25, 0.3) is 5.91 Å². The maximum Gasteiger partial charge on any atom is 0.282 e. The van der Waals surface area contributed by atoms with E-state index in [4.69, 9.17) is 27.9 Å². The van der Waals surface area contributed by atoms with Crippen LogP contribution in [0.1, 0.15) is 25.5 Å². The molecule has 1 amide bonds. The average molecular weight is 386 g/mol. The summed E-state index contributed by atoms with van der Waals surface area (Å²) < 4.78 is 18.9. The van der Waals surface area contributed by atoms with Crippen LogP contribution in [-0.4, -0.2) is 19.1 Å². The van der Waals surface area contributed by atoms with Gasteiger partial charge in [-0.2, -0.15) is 0 Å². The lowest BCUT2D eigenvalue weighted by Crippen LogP contribution is -2.91. The van der Waals surface area contributed by atoms with Crippen molar-refractivity contribution in [1.29, 1.82) is 0 Å². The Morgan fingerprint density at radius 2 is 1.88 bits per heavy atom. The number of anilines is 1. The van der Waals surface area contributed by atoms with Crippen molar-refractivity contribution in [2.24, 2.45) is 0 Å². The topological polar surface area (TPSA) is 54.9 Å². The average Bonchev–Trinajstić information content (AvgIpc) is 2.58. The highest BCUT2D eigenvalue weighted by Gasteiger charge is 2.23. The third kappa shape index (κ3) is 4.84. The van der Waals surface area contributed by atoms with Gasteiger partial charge < -0.3 is 15.4 Å². The molecule has 0 aliphatic carbocycles. The standard InChI is InChI=1S/C18H19Cl2FN2O2/c1-10(12-8-15(21)14(20)9-13(12)19)22-11(2)18(24)23-16-6-4-5-7-17(16)25-3/h4-11,22H,1-3H3,(H,23,24)/p+1/t10-,11+/m1/s1. The lowest BCUT2D eigenvalue weighted by molar-refractivity contribution is -0.709. The van der Waals surface area contributed by atoms with Crippen LogP contribution in [-0.2, 0) is 4.79 Å². The van der Waals surface area contributed by atoms with Crippen LogP contribution in [0.3, 0.4) is 0 Å². The second-order valence-electron chi connectivity index (χ2n) is 5.75. The molecule has 0 radical (unpaired) electrons. The second kappa shape index (κ2) is 8.52. The minimum atomic E-state index is -0.535. The number of carbonyl (C=O) groups is 1. The van der Waals surface area contributed by atoms with Crippen molar-refractivity contribution in [3.8, 4) is 5.75 Å². The maximum absolute atomic E-state index is 13.7. The third-order valence-electron chi connectivity index (χ3n) is 3.89. The number of quaternary nitrogens is 1. The number of amides is 1. The SMILES string of the molecule is COc1ccccc1NC(=O)[C@H](C)[NH2+][C@H](C)c1cc(F)c(Cl)cc1Cl. The van der Waals surface area contributed by atoms with Crippen molar-refractivity contribution < 1.29 is 19.2 Å². The smallest absolute Gasteiger partial charge is 0.282 e. The number of para-hydroxylation sites is 2. The summed E-state index contributed by atoms with van der Waals surface area (Å²) in [6, 6.07) is 9.19. The molecule has 0 bridgehead atoms. The highest BCUT2D eigenvalue weighted by atomic mass is 35.5. The number of nitrogens with one attached hydrogen (secondary N) is 1. The number of hydrogen-bond donors (Lipinski definition) is 2. The molecule has 0 aromatic heterocycles. The fraction of sp³-hybridized carbons (Fsp3) is 0.278. The van der Waals surface area contributed by atoms with Crippen LogP contribution in [0.25, 0.3) is 0 Å². The van der Waals surface area contributed by atoms with E-state index in [-0.39, 0.29) is 17.0 Å². The van der Waals surface area contributed by atoms with E-state index < -0.39 is 11.9 Å². The zero-order chi connectivity index (χ0) is 18.6. The summed E-state index contributed by atoms with van der Waals surface area (Å²) in [5.74, 6) is -0.145. The van der Waals surface area contributed by atoms with E-state index in [1.165, 1.54) is 12.1 Å². The minimum absolute atomic E-state index is 0.0251. The molecule has 0 fully saturated rings. The summed E-state index contributed by atoms with van der Waals surface area (Å²) in [6.45, 7) is 3.61. The molecular weight excluding hydrogens is 366 g/mol. The van der Waals surface area contributed by atoms with E-state index in [1.807, 2.05) is 19.1 Å². The Morgan fingerprint density at radius 3 is 2.56 bits per heavy atom. The first-order chi connectivity index (χ1) is 11.8. The van der Waals surface area contributed by atoms with Gasteiger partial charge in [0.15, 0.2) is 6.04 Å². The molecule has 7 heteroatoms. The van der Waals surface area contributed by atoms with Crippen molar-refractivity contribution in [3.05, 3.63) is 57.8 Å². The fourth-order valence-corrected chi connectivity index (χ4v) is 3.06. The first-order valence-electron chi connectivity index (χ1n) is 7.76. The highest BCUT2D eigenvalue weighted by molar-refractivity contribution is 6.35. The summed E-state index contributed by atoms with van der Waals surface area (Å²) in [5.41, 5.74) is 1.18. The second-order valence-corrected chi connectivity index (χ2v) is 6.56. The van der Waals surface area contributed by atoms with Crippen LogP contribution >= 0.6 is 23.2 Å². The van der Waals surface area contributed by atoms with Gasteiger partial charge in [-0.1, -0.05) is 35.3 Å².